The van der Waals surface area contributed by atoms with E-state index in [9.17, 15) is 0 Å². The molecule has 0 bridgehead atoms. The predicted molar refractivity (Wildman–Crippen MR) is 38.9 cm³/mol. The molecule has 0 nitrogen and oxygen atoms in total. The van der Waals surface area contributed by atoms with Crippen molar-refractivity contribution in [1.82, 2.24) is 0 Å². The predicted octanol–water partition coefficient (Wildman–Crippen LogP) is 0.503. The quantitative estimate of drug-likeness (QED) is 0.597. The molecular weight excluding hydrogens is 257 g/mol. The molecule has 0 aromatic heterocycles. The summed E-state index contributed by atoms with van der Waals surface area (Å²) in [6.45, 7) is 0. The van der Waals surface area contributed by atoms with Gasteiger partial charge in [-0.05, 0) is 0 Å². The molecule has 0 aromatic rings. The van der Waals surface area contributed by atoms with Crippen molar-refractivity contribution in [2.24, 2.45) is 0 Å². The van der Waals surface area contributed by atoms with Crippen LogP contribution in [0.3, 0.4) is 0 Å². The number of hydrogen-bond acceptors (Lipinski definition) is 0. The van der Waals surface area contributed by atoms with E-state index < -0.39 is 0 Å². The van der Waals surface area contributed by atoms with Gasteiger partial charge in [0.15, 0.2) is 0 Å². The van der Waals surface area contributed by atoms with Gasteiger partial charge in [0.25, 0.3) is 0 Å². The number of halogens is 4. The van der Waals surface area contributed by atoms with Crippen molar-refractivity contribution in [2.45, 2.75) is 0 Å². The zero-order chi connectivity index (χ0) is 0. The minimum absolute atomic E-state index is 0. The van der Waals surface area contributed by atoms with Crippen molar-refractivity contribution < 1.29 is 0 Å². The van der Waals surface area contributed by atoms with Crippen LogP contribution in [0.2, 0.25) is 0 Å². The minimum atomic E-state index is 0. The van der Waals surface area contributed by atoms with Gasteiger partial charge in [0, 0.05) is 0 Å². The molecule has 0 N–H and O–H groups in total. The van der Waals surface area contributed by atoms with Crippen LogP contribution in [0.1, 0.15) is 0 Å². The average Bonchev–Trinajstić information content (AvgIpc) is 0. The van der Waals surface area contributed by atoms with Gasteiger partial charge in [0.2, 0.25) is 0 Å². The molecule has 5 heavy (non-hydrogen) atoms. The summed E-state index contributed by atoms with van der Waals surface area (Å²) in [6, 6.07) is 0. The molecule has 38 valence electrons. The fraction of sp³-hybridized carbons (Fsp3) is 0. The summed E-state index contributed by atoms with van der Waals surface area (Å²) in [7, 11) is 0. The molecule has 0 heterocycles. The molecule has 0 aliphatic heterocycles. The van der Waals surface area contributed by atoms with Gasteiger partial charge in [-0.1, -0.05) is 0 Å². The summed E-state index contributed by atoms with van der Waals surface area (Å²) in [4.78, 5) is 0. The molecule has 0 radical (unpaired) electrons. The third kappa shape index (κ3) is 23.8. The molecule has 0 aromatic carbocycles. The zero-order valence-electron chi connectivity index (χ0n) is 1.63. The molecule has 0 unspecified atom stereocenters. The van der Waals surface area contributed by atoms with Crippen molar-refractivity contribution >= 4 is 75.5 Å². The second kappa shape index (κ2) is 37.0. The van der Waals surface area contributed by atoms with Crippen molar-refractivity contribution in [3.8, 4) is 0 Å². The topological polar surface area (TPSA) is 0 Å². The Morgan fingerprint density at radius 2 is 0.400 bits per heavy atom. The Morgan fingerprint density at radius 3 is 0.400 bits per heavy atom. The van der Waals surface area contributed by atoms with Gasteiger partial charge in [-0.3, -0.25) is 0 Å². The van der Waals surface area contributed by atoms with Crippen molar-refractivity contribution in [1.29, 1.82) is 0 Å². The maximum absolute atomic E-state index is 0. The fourth-order valence-electron chi connectivity index (χ4n) is 0. The van der Waals surface area contributed by atoms with Gasteiger partial charge in [0.05, 0.1) is 0 Å². The molecule has 0 amide bonds. The number of hydrogen-bond donors (Lipinski definition) is 0. The van der Waals surface area contributed by atoms with Gasteiger partial charge in [-0.25, -0.2) is 0 Å². The molecule has 0 rings (SSSR count). The van der Waals surface area contributed by atoms with E-state index in [1.807, 2.05) is 0 Å². The first-order chi connectivity index (χ1) is 0. The van der Waals surface area contributed by atoms with E-state index in [-0.39, 0.29) is 75.5 Å². The molecule has 0 saturated heterocycles. The van der Waals surface area contributed by atoms with Crippen LogP contribution in [-0.4, -0.2) is 25.8 Å². The molecular formula is H7Cl4In. The average molecular weight is 264 g/mol. The van der Waals surface area contributed by atoms with Crippen LogP contribution in [0.15, 0.2) is 0 Å². The summed E-state index contributed by atoms with van der Waals surface area (Å²) in [6.07, 6.45) is 0. The van der Waals surface area contributed by atoms with E-state index in [2.05, 4.69) is 0 Å². The summed E-state index contributed by atoms with van der Waals surface area (Å²) in [5, 5.41) is 0. The molecule has 0 saturated carbocycles. The normalized spacial score (nSPS) is 0. The van der Waals surface area contributed by atoms with E-state index in [1.165, 1.54) is 0 Å². The van der Waals surface area contributed by atoms with Crippen molar-refractivity contribution in [3.05, 3.63) is 0 Å². The van der Waals surface area contributed by atoms with Crippen LogP contribution in [0.4, 0.5) is 0 Å². The second-order valence-corrected chi connectivity index (χ2v) is 0. The van der Waals surface area contributed by atoms with E-state index >= 15 is 0 Å². The Kier molecular flexibility index (Phi) is 459. The molecule has 5 heteroatoms. The zero-order valence-corrected chi connectivity index (χ0v) is 4.90. The summed E-state index contributed by atoms with van der Waals surface area (Å²) in [5.41, 5.74) is 0. The van der Waals surface area contributed by atoms with Gasteiger partial charge in [0.1, 0.15) is 0 Å². The second-order valence-electron chi connectivity index (χ2n) is 0. The monoisotopic (exact) mass is 262 g/mol. The third-order valence-electron chi connectivity index (χ3n) is 0. The molecule has 0 aliphatic rings. The van der Waals surface area contributed by atoms with Gasteiger partial charge in [-0.15, -0.1) is 49.6 Å². The summed E-state index contributed by atoms with van der Waals surface area (Å²) in [5.74, 6) is 0. The molecule has 0 spiro atoms. The SMILES string of the molecule is Cl.Cl.Cl.Cl.[InH3]. The van der Waals surface area contributed by atoms with Crippen LogP contribution in [0, 0.1) is 0 Å². The Hall–Kier alpha value is 2.03. The molecule has 0 fully saturated rings. The van der Waals surface area contributed by atoms with E-state index in [0.29, 0.717) is 0 Å². The third-order valence-corrected chi connectivity index (χ3v) is 0. The fourth-order valence-corrected chi connectivity index (χ4v) is 0. The van der Waals surface area contributed by atoms with E-state index in [0.717, 1.165) is 0 Å². The Morgan fingerprint density at radius 1 is 0.400 bits per heavy atom. The summed E-state index contributed by atoms with van der Waals surface area (Å²) < 4.78 is 0. The van der Waals surface area contributed by atoms with Crippen LogP contribution >= 0.6 is 49.6 Å². The Balaban J connectivity index is 0. The first-order valence-electron chi connectivity index (χ1n) is 0. The Labute approximate surface area is 74.9 Å². The van der Waals surface area contributed by atoms with Gasteiger partial charge < -0.3 is 0 Å². The van der Waals surface area contributed by atoms with Crippen LogP contribution in [0.5, 0.6) is 0 Å². The summed E-state index contributed by atoms with van der Waals surface area (Å²) >= 11 is 0. The maximum atomic E-state index is 0. The van der Waals surface area contributed by atoms with Crippen LogP contribution in [0.25, 0.3) is 0 Å². The first kappa shape index (κ1) is 62.0. The Bertz CT molecular complexity index is 3.61. The number of rotatable bonds is 0. The standard InChI is InChI=1S/4ClH.In.3H/h4*1H;;;;. The van der Waals surface area contributed by atoms with Gasteiger partial charge >= 0.3 is 25.8 Å². The first-order valence-corrected chi connectivity index (χ1v) is 0. The van der Waals surface area contributed by atoms with Crippen molar-refractivity contribution in [2.75, 3.05) is 0 Å². The van der Waals surface area contributed by atoms with Gasteiger partial charge in [-0.2, -0.15) is 0 Å². The van der Waals surface area contributed by atoms with E-state index in [1.54, 1.807) is 0 Å². The van der Waals surface area contributed by atoms with E-state index in [4.69, 9.17) is 0 Å². The van der Waals surface area contributed by atoms with Crippen LogP contribution < -0.4 is 0 Å². The van der Waals surface area contributed by atoms with Crippen molar-refractivity contribution in [3.63, 3.8) is 0 Å². The molecule has 0 atom stereocenters. The van der Waals surface area contributed by atoms with Crippen LogP contribution in [-0.2, 0) is 0 Å². The molecule has 0 aliphatic carbocycles.